The van der Waals surface area contributed by atoms with Crippen LogP contribution in [0.5, 0.6) is 0 Å². The molecule has 2 aromatic rings. The Morgan fingerprint density at radius 3 is 2.52 bits per heavy atom. The molecule has 7 nitrogen and oxygen atoms in total. The summed E-state index contributed by atoms with van der Waals surface area (Å²) in [5.41, 5.74) is -0.988. The molecule has 0 aliphatic rings. The van der Waals surface area contributed by atoms with E-state index in [2.05, 4.69) is 5.32 Å². The van der Waals surface area contributed by atoms with E-state index in [1.807, 2.05) is 0 Å². The molecule has 1 heterocycles. The predicted octanol–water partition coefficient (Wildman–Crippen LogP) is 0.918. The molecule has 8 heteroatoms. The first kappa shape index (κ1) is 18.1. The van der Waals surface area contributed by atoms with Gasteiger partial charge in [-0.15, -0.1) is 0 Å². The molecule has 0 fully saturated rings. The molecule has 1 aromatic heterocycles. The van der Waals surface area contributed by atoms with E-state index < -0.39 is 29.7 Å². The summed E-state index contributed by atoms with van der Waals surface area (Å²) in [6, 6.07) is 6.91. The van der Waals surface area contributed by atoms with Crippen LogP contribution in [-0.4, -0.2) is 15.0 Å². The number of carbonyl (C=O) groups excluding carboxylic acids is 1. The zero-order valence-corrected chi connectivity index (χ0v) is 13.8. The Labute approximate surface area is 142 Å². The molecule has 2 rings (SSSR count). The lowest BCUT2D eigenvalue weighted by Crippen LogP contribution is -2.44. The second-order valence-electron chi connectivity index (χ2n) is 5.46. The number of amides is 1. The fourth-order valence-electron chi connectivity index (χ4n) is 2.36. The highest BCUT2D eigenvalue weighted by Gasteiger charge is 2.15. The molecule has 1 aromatic carbocycles. The summed E-state index contributed by atoms with van der Waals surface area (Å²) in [4.78, 5) is 36.5. The predicted molar refractivity (Wildman–Crippen MR) is 88.3 cm³/mol. The van der Waals surface area contributed by atoms with Gasteiger partial charge in [-0.3, -0.25) is 14.2 Å². The number of hydrogen-bond acceptors (Lipinski definition) is 4. The van der Waals surface area contributed by atoms with Crippen LogP contribution in [0, 0.1) is 17.1 Å². The molecule has 0 spiro atoms. The summed E-state index contributed by atoms with van der Waals surface area (Å²) < 4.78 is 14.9. The lowest BCUT2D eigenvalue weighted by atomic mass is 10.1. The average molecular weight is 344 g/mol. The minimum atomic E-state index is -0.804. The van der Waals surface area contributed by atoms with Crippen molar-refractivity contribution >= 4 is 5.91 Å². The van der Waals surface area contributed by atoms with Gasteiger partial charge in [-0.1, -0.05) is 12.1 Å². The Morgan fingerprint density at radius 2 is 1.96 bits per heavy atom. The van der Waals surface area contributed by atoms with Crippen LogP contribution < -0.4 is 16.6 Å². The highest BCUT2D eigenvalue weighted by atomic mass is 19.1. The van der Waals surface area contributed by atoms with Gasteiger partial charge in [0.15, 0.2) is 0 Å². The fraction of sp³-hybridized carbons (Fsp3) is 0.294. The number of rotatable bonds is 5. The van der Waals surface area contributed by atoms with Gasteiger partial charge in [-0.05, 0) is 31.5 Å². The van der Waals surface area contributed by atoms with E-state index >= 15 is 0 Å². The Hall–Kier alpha value is -3.21. The smallest absolute Gasteiger partial charge is 0.331 e. The molecule has 0 radical (unpaired) electrons. The standard InChI is InChI=1S/C17H17FN4O3/c1-3-21-9-13(8-19)16(24)22(17(21)25)10-15(23)20-11(2)12-4-6-14(18)7-5-12/h4-7,9,11H,3,10H2,1-2H3,(H,20,23). The number of nitriles is 1. The number of benzene rings is 1. The molecule has 0 saturated carbocycles. The van der Waals surface area contributed by atoms with Gasteiger partial charge in [0.05, 0.1) is 6.04 Å². The molecular formula is C17H17FN4O3. The maximum atomic E-state index is 12.9. The number of carbonyl (C=O) groups is 1. The molecule has 1 N–H and O–H groups in total. The summed E-state index contributed by atoms with van der Waals surface area (Å²) >= 11 is 0. The number of aromatic nitrogens is 2. The highest BCUT2D eigenvalue weighted by Crippen LogP contribution is 2.12. The number of aryl methyl sites for hydroxylation is 1. The molecule has 25 heavy (non-hydrogen) atoms. The number of hydrogen-bond donors (Lipinski definition) is 1. The third kappa shape index (κ3) is 4.01. The molecule has 0 aliphatic carbocycles. The summed E-state index contributed by atoms with van der Waals surface area (Å²) in [5, 5.41) is 11.6. The van der Waals surface area contributed by atoms with Gasteiger partial charge in [0.1, 0.15) is 24.0 Å². The van der Waals surface area contributed by atoms with E-state index in [1.54, 1.807) is 19.9 Å². The molecule has 0 bridgehead atoms. The van der Waals surface area contributed by atoms with Crippen LogP contribution in [0.1, 0.15) is 31.0 Å². The molecule has 0 saturated heterocycles. The summed E-state index contributed by atoms with van der Waals surface area (Å²) in [5.74, 6) is -0.948. The van der Waals surface area contributed by atoms with Crippen molar-refractivity contribution in [3.8, 4) is 6.07 Å². The second-order valence-corrected chi connectivity index (χ2v) is 5.46. The summed E-state index contributed by atoms with van der Waals surface area (Å²) in [6.45, 7) is 3.15. The van der Waals surface area contributed by atoms with Crippen molar-refractivity contribution in [2.24, 2.45) is 0 Å². The maximum Gasteiger partial charge on any atom is 0.331 e. The summed E-state index contributed by atoms with van der Waals surface area (Å²) in [6.07, 6.45) is 1.18. The second kappa shape index (κ2) is 7.57. The van der Waals surface area contributed by atoms with Gasteiger partial charge in [0, 0.05) is 12.7 Å². The SMILES string of the molecule is CCn1cc(C#N)c(=O)n(CC(=O)NC(C)c2ccc(F)cc2)c1=O. The van der Waals surface area contributed by atoms with Crippen LogP contribution in [-0.2, 0) is 17.9 Å². The largest absolute Gasteiger partial charge is 0.348 e. The minimum Gasteiger partial charge on any atom is -0.348 e. The van der Waals surface area contributed by atoms with Crippen LogP contribution in [0.25, 0.3) is 0 Å². The zero-order valence-electron chi connectivity index (χ0n) is 13.8. The molecule has 1 amide bonds. The van der Waals surface area contributed by atoms with Gasteiger partial charge in [-0.2, -0.15) is 5.26 Å². The van der Waals surface area contributed by atoms with Crippen LogP contribution in [0.4, 0.5) is 4.39 Å². The molecule has 0 aliphatic heterocycles. The number of halogens is 1. The van der Waals surface area contributed by atoms with Crippen molar-refractivity contribution in [2.75, 3.05) is 0 Å². The lowest BCUT2D eigenvalue weighted by molar-refractivity contribution is -0.122. The average Bonchev–Trinajstić information content (AvgIpc) is 2.59. The Balaban J connectivity index is 2.23. The van der Waals surface area contributed by atoms with E-state index in [0.29, 0.717) is 5.56 Å². The van der Waals surface area contributed by atoms with Crippen LogP contribution in [0.2, 0.25) is 0 Å². The van der Waals surface area contributed by atoms with Crippen molar-refractivity contribution in [1.29, 1.82) is 5.26 Å². The number of nitrogens with one attached hydrogen (secondary N) is 1. The first-order chi connectivity index (χ1) is 11.9. The number of nitrogens with zero attached hydrogens (tertiary/aromatic N) is 3. The molecular weight excluding hydrogens is 327 g/mol. The van der Waals surface area contributed by atoms with E-state index in [1.165, 1.54) is 35.0 Å². The van der Waals surface area contributed by atoms with E-state index in [-0.39, 0.29) is 17.9 Å². The van der Waals surface area contributed by atoms with Crippen molar-refractivity contribution in [2.45, 2.75) is 33.0 Å². The van der Waals surface area contributed by atoms with Gasteiger partial charge in [0.25, 0.3) is 5.56 Å². The van der Waals surface area contributed by atoms with Gasteiger partial charge >= 0.3 is 5.69 Å². The molecule has 1 unspecified atom stereocenters. The van der Waals surface area contributed by atoms with Gasteiger partial charge in [0.2, 0.25) is 5.91 Å². The highest BCUT2D eigenvalue weighted by molar-refractivity contribution is 5.76. The Kier molecular flexibility index (Phi) is 5.49. The summed E-state index contributed by atoms with van der Waals surface area (Å²) in [7, 11) is 0. The fourth-order valence-corrected chi connectivity index (χ4v) is 2.36. The van der Waals surface area contributed by atoms with Crippen molar-refractivity contribution in [1.82, 2.24) is 14.5 Å². The quantitative estimate of drug-likeness (QED) is 0.872. The third-order valence-electron chi connectivity index (χ3n) is 3.75. The zero-order chi connectivity index (χ0) is 18.6. The van der Waals surface area contributed by atoms with E-state index in [9.17, 15) is 18.8 Å². The van der Waals surface area contributed by atoms with E-state index in [4.69, 9.17) is 5.26 Å². The Morgan fingerprint density at radius 1 is 1.32 bits per heavy atom. The minimum absolute atomic E-state index is 0.208. The lowest BCUT2D eigenvalue weighted by Gasteiger charge is -2.15. The van der Waals surface area contributed by atoms with Crippen LogP contribution in [0.15, 0.2) is 40.1 Å². The first-order valence-electron chi connectivity index (χ1n) is 7.66. The Bertz CT molecular complexity index is 938. The van der Waals surface area contributed by atoms with Crippen LogP contribution in [0.3, 0.4) is 0 Å². The van der Waals surface area contributed by atoms with Crippen molar-refractivity contribution < 1.29 is 9.18 Å². The van der Waals surface area contributed by atoms with Gasteiger partial charge in [-0.25, -0.2) is 13.8 Å². The van der Waals surface area contributed by atoms with Crippen molar-refractivity contribution in [3.05, 3.63) is 68.2 Å². The monoisotopic (exact) mass is 344 g/mol. The topological polar surface area (TPSA) is 96.9 Å². The normalized spacial score (nSPS) is 11.6. The van der Waals surface area contributed by atoms with E-state index in [0.717, 1.165) is 4.57 Å². The first-order valence-corrected chi connectivity index (χ1v) is 7.66. The van der Waals surface area contributed by atoms with Crippen LogP contribution >= 0.6 is 0 Å². The third-order valence-corrected chi connectivity index (χ3v) is 3.75. The van der Waals surface area contributed by atoms with Crippen molar-refractivity contribution in [3.63, 3.8) is 0 Å². The molecule has 130 valence electrons. The molecule has 1 atom stereocenters. The maximum absolute atomic E-state index is 12.9. The van der Waals surface area contributed by atoms with Gasteiger partial charge < -0.3 is 5.32 Å².